The Kier molecular flexibility index (Phi) is 4.20. The molecule has 0 spiro atoms. The van der Waals surface area contributed by atoms with Gasteiger partial charge in [0.25, 0.3) is 5.91 Å². The third-order valence-electron chi connectivity index (χ3n) is 4.23. The number of halogens is 1. The molecule has 0 aliphatic heterocycles. The first kappa shape index (κ1) is 14.5. The van der Waals surface area contributed by atoms with Crippen LogP contribution in [0.3, 0.4) is 0 Å². The third-order valence-corrected chi connectivity index (χ3v) is 4.40. The molecule has 4 heteroatoms. The van der Waals surface area contributed by atoms with Gasteiger partial charge in [0, 0.05) is 23.9 Å². The molecule has 0 saturated heterocycles. The van der Waals surface area contributed by atoms with Gasteiger partial charge in [0.15, 0.2) is 5.76 Å². The highest BCUT2D eigenvalue weighted by molar-refractivity contribution is 6.18. The molecule has 1 aromatic heterocycles. The van der Waals surface area contributed by atoms with Crippen LogP contribution in [-0.4, -0.2) is 29.3 Å². The number of fused-ring (bicyclic) bond motifs is 1. The van der Waals surface area contributed by atoms with Crippen LogP contribution in [0.5, 0.6) is 0 Å². The summed E-state index contributed by atoms with van der Waals surface area (Å²) in [7, 11) is 0. The normalized spacial score (nSPS) is 15.7. The minimum absolute atomic E-state index is 0.0311. The molecule has 1 heterocycles. The lowest BCUT2D eigenvalue weighted by atomic mass is 10.1. The van der Waals surface area contributed by atoms with Crippen LogP contribution in [0.25, 0.3) is 11.0 Å². The minimum atomic E-state index is -0.0311. The number of benzene rings is 1. The van der Waals surface area contributed by atoms with Crippen molar-refractivity contribution >= 4 is 28.5 Å². The summed E-state index contributed by atoms with van der Waals surface area (Å²) in [6.07, 6.45) is 4.52. The second-order valence-electron chi connectivity index (χ2n) is 5.78. The molecule has 1 fully saturated rings. The van der Waals surface area contributed by atoms with Gasteiger partial charge in [-0.05, 0) is 38.0 Å². The van der Waals surface area contributed by atoms with E-state index in [0.717, 1.165) is 29.4 Å². The highest BCUT2D eigenvalue weighted by atomic mass is 35.5. The zero-order valence-corrected chi connectivity index (χ0v) is 13.0. The standard InChI is InChI=1S/C17H20ClNO2/c1-12-6-7-15-13(10-12)11-16(21-15)17(20)19(9-8-18)14-4-2-3-5-14/h6-7,10-11,14H,2-5,8-9H2,1H3. The Morgan fingerprint density at radius 3 is 2.81 bits per heavy atom. The van der Waals surface area contributed by atoms with E-state index in [1.54, 1.807) is 0 Å². The molecule has 2 aromatic rings. The highest BCUT2D eigenvalue weighted by Crippen LogP contribution is 2.27. The van der Waals surface area contributed by atoms with Gasteiger partial charge < -0.3 is 9.32 Å². The molecule has 0 unspecified atom stereocenters. The Morgan fingerprint density at radius 1 is 1.33 bits per heavy atom. The summed E-state index contributed by atoms with van der Waals surface area (Å²) in [4.78, 5) is 14.6. The van der Waals surface area contributed by atoms with Gasteiger partial charge in [0.2, 0.25) is 0 Å². The molecule has 0 N–H and O–H groups in total. The lowest BCUT2D eigenvalue weighted by Gasteiger charge is -2.27. The number of rotatable bonds is 4. The summed E-state index contributed by atoms with van der Waals surface area (Å²) in [5.41, 5.74) is 1.93. The molecular formula is C17H20ClNO2. The minimum Gasteiger partial charge on any atom is -0.451 e. The van der Waals surface area contributed by atoms with E-state index in [2.05, 4.69) is 0 Å². The first-order chi connectivity index (χ1) is 10.2. The molecule has 1 amide bonds. The number of furan rings is 1. The van der Waals surface area contributed by atoms with Crippen LogP contribution >= 0.6 is 11.6 Å². The predicted octanol–water partition coefficient (Wildman–Crippen LogP) is 4.36. The van der Waals surface area contributed by atoms with Gasteiger partial charge in [0.1, 0.15) is 5.58 Å². The van der Waals surface area contributed by atoms with Crippen LogP contribution in [-0.2, 0) is 0 Å². The second kappa shape index (κ2) is 6.10. The van der Waals surface area contributed by atoms with E-state index in [1.165, 1.54) is 12.8 Å². The number of alkyl halides is 1. The van der Waals surface area contributed by atoms with Crippen LogP contribution in [0.1, 0.15) is 41.8 Å². The van der Waals surface area contributed by atoms with E-state index >= 15 is 0 Å². The van der Waals surface area contributed by atoms with Gasteiger partial charge in [-0.3, -0.25) is 4.79 Å². The topological polar surface area (TPSA) is 33.5 Å². The molecule has 0 radical (unpaired) electrons. The fraction of sp³-hybridized carbons (Fsp3) is 0.471. The fourth-order valence-corrected chi connectivity index (χ4v) is 3.35. The maximum absolute atomic E-state index is 12.7. The Bertz CT molecular complexity index is 643. The van der Waals surface area contributed by atoms with Crippen molar-refractivity contribution in [2.75, 3.05) is 12.4 Å². The van der Waals surface area contributed by atoms with Crippen molar-refractivity contribution in [1.29, 1.82) is 0 Å². The van der Waals surface area contributed by atoms with Crippen molar-refractivity contribution in [3.05, 3.63) is 35.6 Å². The molecule has 3 nitrogen and oxygen atoms in total. The van der Waals surface area contributed by atoms with Gasteiger partial charge in [-0.15, -0.1) is 11.6 Å². The van der Waals surface area contributed by atoms with Gasteiger partial charge >= 0.3 is 0 Å². The van der Waals surface area contributed by atoms with E-state index in [0.29, 0.717) is 24.2 Å². The summed E-state index contributed by atoms with van der Waals surface area (Å²) in [5.74, 6) is 0.853. The molecule has 3 rings (SSSR count). The van der Waals surface area contributed by atoms with Crippen molar-refractivity contribution in [2.45, 2.75) is 38.6 Å². The summed E-state index contributed by atoms with van der Waals surface area (Å²) in [5, 5.41) is 0.982. The Balaban J connectivity index is 1.89. The molecule has 0 bridgehead atoms. The van der Waals surface area contributed by atoms with Crippen molar-refractivity contribution < 1.29 is 9.21 Å². The Labute approximate surface area is 129 Å². The Hall–Kier alpha value is -1.48. The largest absolute Gasteiger partial charge is 0.451 e. The smallest absolute Gasteiger partial charge is 0.289 e. The monoisotopic (exact) mass is 305 g/mol. The zero-order valence-electron chi connectivity index (χ0n) is 12.3. The molecule has 112 valence electrons. The van der Waals surface area contributed by atoms with Gasteiger partial charge in [0.05, 0.1) is 0 Å². The molecule has 0 atom stereocenters. The number of hydrogen-bond acceptors (Lipinski definition) is 2. The van der Waals surface area contributed by atoms with Crippen LogP contribution in [0.15, 0.2) is 28.7 Å². The SMILES string of the molecule is Cc1ccc2oc(C(=O)N(CCCl)C3CCCC3)cc2c1. The maximum atomic E-state index is 12.7. The average molecular weight is 306 g/mol. The first-order valence-electron chi connectivity index (χ1n) is 7.56. The van der Waals surface area contributed by atoms with Crippen molar-refractivity contribution in [3.8, 4) is 0 Å². The van der Waals surface area contributed by atoms with Crippen LogP contribution in [0, 0.1) is 6.92 Å². The van der Waals surface area contributed by atoms with Crippen molar-refractivity contribution in [3.63, 3.8) is 0 Å². The number of hydrogen-bond donors (Lipinski definition) is 0. The van der Waals surface area contributed by atoms with Gasteiger partial charge in [-0.2, -0.15) is 0 Å². The number of nitrogens with zero attached hydrogens (tertiary/aromatic N) is 1. The van der Waals surface area contributed by atoms with Crippen molar-refractivity contribution in [2.24, 2.45) is 0 Å². The predicted molar refractivity (Wildman–Crippen MR) is 85.0 cm³/mol. The number of carbonyl (C=O) groups excluding carboxylic acids is 1. The molecular weight excluding hydrogens is 286 g/mol. The van der Waals surface area contributed by atoms with Crippen molar-refractivity contribution in [1.82, 2.24) is 4.90 Å². The van der Waals surface area contributed by atoms with Gasteiger partial charge in [-0.25, -0.2) is 0 Å². The Morgan fingerprint density at radius 2 is 2.10 bits per heavy atom. The summed E-state index contributed by atoms with van der Waals surface area (Å²) < 4.78 is 5.74. The molecule has 1 aliphatic rings. The summed E-state index contributed by atoms with van der Waals surface area (Å²) >= 11 is 5.88. The van der Waals surface area contributed by atoms with Crippen LogP contribution in [0.2, 0.25) is 0 Å². The van der Waals surface area contributed by atoms with Crippen LogP contribution in [0.4, 0.5) is 0 Å². The zero-order chi connectivity index (χ0) is 14.8. The lowest BCUT2D eigenvalue weighted by molar-refractivity contribution is 0.0665. The van der Waals surface area contributed by atoms with E-state index in [9.17, 15) is 4.79 Å². The molecule has 1 aromatic carbocycles. The quantitative estimate of drug-likeness (QED) is 0.786. The molecule has 21 heavy (non-hydrogen) atoms. The summed E-state index contributed by atoms with van der Waals surface area (Å²) in [6.45, 7) is 2.62. The number of aryl methyl sites for hydroxylation is 1. The van der Waals surface area contributed by atoms with Crippen LogP contribution < -0.4 is 0 Å². The highest BCUT2D eigenvalue weighted by Gasteiger charge is 2.28. The first-order valence-corrected chi connectivity index (χ1v) is 8.09. The number of amides is 1. The van der Waals surface area contributed by atoms with E-state index in [4.69, 9.17) is 16.0 Å². The van der Waals surface area contributed by atoms with E-state index in [1.807, 2.05) is 36.1 Å². The fourth-order valence-electron chi connectivity index (χ4n) is 3.17. The number of carbonyl (C=O) groups is 1. The second-order valence-corrected chi connectivity index (χ2v) is 6.16. The average Bonchev–Trinajstić information content (AvgIpc) is 3.12. The van der Waals surface area contributed by atoms with Gasteiger partial charge in [-0.1, -0.05) is 24.5 Å². The maximum Gasteiger partial charge on any atom is 0.289 e. The van der Waals surface area contributed by atoms with E-state index in [-0.39, 0.29) is 5.91 Å². The summed E-state index contributed by atoms with van der Waals surface area (Å²) in [6, 6.07) is 8.11. The van der Waals surface area contributed by atoms with E-state index < -0.39 is 0 Å². The molecule has 1 saturated carbocycles. The third kappa shape index (κ3) is 2.93. The lowest BCUT2D eigenvalue weighted by Crippen LogP contribution is -2.40. The molecule has 1 aliphatic carbocycles.